The molecule has 0 saturated carbocycles. The Balaban J connectivity index is 2.09. The number of ether oxygens (including phenoxy) is 2. The van der Waals surface area contributed by atoms with Crippen molar-refractivity contribution in [3.63, 3.8) is 0 Å². The molecule has 2 heterocycles. The number of carbonyl (C=O) groups is 1. The summed E-state index contributed by atoms with van der Waals surface area (Å²) in [6.07, 6.45) is 0. The second kappa shape index (κ2) is 6.77. The minimum absolute atomic E-state index is 0.194. The van der Waals surface area contributed by atoms with Crippen molar-refractivity contribution in [2.75, 3.05) is 12.8 Å². The zero-order valence-corrected chi connectivity index (χ0v) is 16.8. The minimum atomic E-state index is -0.674. The molecule has 2 aromatic heterocycles. The zero-order chi connectivity index (χ0) is 20.8. The van der Waals surface area contributed by atoms with Gasteiger partial charge in [0.05, 0.1) is 23.8 Å². The lowest BCUT2D eigenvalue weighted by Crippen LogP contribution is -2.24. The van der Waals surface area contributed by atoms with Gasteiger partial charge in [-0.05, 0) is 45.0 Å². The Bertz CT molecular complexity index is 1240. The summed E-state index contributed by atoms with van der Waals surface area (Å²) in [7, 11) is 1.58. The van der Waals surface area contributed by atoms with Gasteiger partial charge in [0, 0.05) is 0 Å². The van der Waals surface area contributed by atoms with Crippen LogP contribution in [-0.2, 0) is 4.74 Å². The van der Waals surface area contributed by atoms with E-state index in [1.807, 2.05) is 69.3 Å². The van der Waals surface area contributed by atoms with E-state index in [2.05, 4.69) is 4.98 Å². The number of hydrogen-bond donors (Lipinski definition) is 1. The fourth-order valence-electron chi connectivity index (χ4n) is 3.25. The number of benzene rings is 2. The molecule has 4 rings (SSSR count). The molecule has 0 aliphatic heterocycles. The van der Waals surface area contributed by atoms with E-state index < -0.39 is 11.6 Å². The molecule has 0 spiro atoms. The number of anilines is 1. The summed E-state index contributed by atoms with van der Waals surface area (Å²) in [4.78, 5) is 22.4. The molecule has 29 heavy (non-hydrogen) atoms. The van der Waals surface area contributed by atoms with Crippen molar-refractivity contribution < 1.29 is 14.3 Å². The van der Waals surface area contributed by atoms with Crippen LogP contribution in [0.2, 0.25) is 0 Å². The number of nitrogens with two attached hydrogens (primary N) is 1. The Morgan fingerprint density at radius 3 is 2.28 bits per heavy atom. The molecule has 7 nitrogen and oxygen atoms in total. The van der Waals surface area contributed by atoms with Gasteiger partial charge in [-0.3, -0.25) is 4.57 Å². The molecule has 4 aromatic rings. The van der Waals surface area contributed by atoms with Crippen LogP contribution < -0.4 is 10.5 Å². The highest BCUT2D eigenvalue weighted by molar-refractivity contribution is 6.09. The molecule has 0 unspecified atom stereocenters. The summed E-state index contributed by atoms with van der Waals surface area (Å²) >= 11 is 0. The maximum atomic E-state index is 13.0. The van der Waals surface area contributed by atoms with Crippen LogP contribution in [0.4, 0.5) is 5.82 Å². The molecule has 0 bridgehead atoms. The molecule has 0 atom stereocenters. The Kier molecular flexibility index (Phi) is 4.38. The van der Waals surface area contributed by atoms with Gasteiger partial charge in [0.15, 0.2) is 5.65 Å². The summed E-state index contributed by atoms with van der Waals surface area (Å²) < 4.78 is 12.8. The molecule has 0 aliphatic rings. The Labute approximate surface area is 168 Å². The van der Waals surface area contributed by atoms with Crippen molar-refractivity contribution in [2.45, 2.75) is 26.4 Å². The van der Waals surface area contributed by atoms with E-state index in [0.717, 1.165) is 0 Å². The summed E-state index contributed by atoms with van der Waals surface area (Å²) in [6, 6.07) is 14.9. The topological polar surface area (TPSA) is 92.3 Å². The van der Waals surface area contributed by atoms with Gasteiger partial charge in [0.1, 0.15) is 28.2 Å². The SMILES string of the molecule is COc1ccccc1-n1c(N)c(C(=O)OC(C)(C)C)c2nc3ccccc3nc21. The molecule has 0 amide bonds. The number of fused-ring (bicyclic) bond motifs is 2. The predicted octanol–water partition coefficient (Wildman–Crippen LogP) is 4.12. The van der Waals surface area contributed by atoms with E-state index in [1.165, 1.54) is 0 Å². The number of esters is 1. The monoisotopic (exact) mass is 390 g/mol. The van der Waals surface area contributed by atoms with Gasteiger partial charge in [-0.2, -0.15) is 0 Å². The number of methoxy groups -OCH3 is 1. The summed E-state index contributed by atoms with van der Waals surface area (Å²) in [5.41, 5.74) is 8.89. The van der Waals surface area contributed by atoms with Crippen LogP contribution in [-0.4, -0.2) is 33.2 Å². The number of para-hydroxylation sites is 4. The van der Waals surface area contributed by atoms with Crippen molar-refractivity contribution in [1.82, 2.24) is 14.5 Å². The molecule has 0 fully saturated rings. The van der Waals surface area contributed by atoms with Gasteiger partial charge in [0.2, 0.25) is 0 Å². The molecule has 0 saturated heterocycles. The fraction of sp³-hybridized carbons (Fsp3) is 0.227. The molecule has 0 radical (unpaired) electrons. The van der Waals surface area contributed by atoms with E-state index in [9.17, 15) is 4.79 Å². The number of rotatable bonds is 3. The highest BCUT2D eigenvalue weighted by Crippen LogP contribution is 2.35. The highest BCUT2D eigenvalue weighted by Gasteiger charge is 2.29. The van der Waals surface area contributed by atoms with Crippen molar-refractivity contribution in [3.05, 3.63) is 54.1 Å². The summed E-state index contributed by atoms with van der Waals surface area (Å²) in [5.74, 6) is 0.258. The normalized spacial score (nSPS) is 11.7. The predicted molar refractivity (Wildman–Crippen MR) is 113 cm³/mol. The Morgan fingerprint density at radius 2 is 1.62 bits per heavy atom. The Morgan fingerprint density at radius 1 is 1.00 bits per heavy atom. The standard InChI is InChI=1S/C22H22N4O3/c1-22(2,3)29-21(27)17-18-20(25-14-10-6-5-9-13(14)24-18)26(19(17)23)15-11-7-8-12-16(15)28-4/h5-12H,23H2,1-4H3. The first kappa shape index (κ1) is 18.7. The number of aromatic nitrogens is 3. The molecule has 7 heteroatoms. The quantitative estimate of drug-likeness (QED) is 0.529. The van der Waals surface area contributed by atoms with E-state index >= 15 is 0 Å². The van der Waals surface area contributed by atoms with E-state index in [-0.39, 0.29) is 11.4 Å². The van der Waals surface area contributed by atoms with Crippen molar-refractivity contribution in [3.8, 4) is 11.4 Å². The van der Waals surface area contributed by atoms with Gasteiger partial charge in [-0.15, -0.1) is 0 Å². The lowest BCUT2D eigenvalue weighted by atomic mass is 10.2. The maximum absolute atomic E-state index is 13.0. The molecular weight excluding hydrogens is 368 g/mol. The minimum Gasteiger partial charge on any atom is -0.495 e. The fourth-order valence-corrected chi connectivity index (χ4v) is 3.25. The van der Waals surface area contributed by atoms with Gasteiger partial charge < -0.3 is 15.2 Å². The van der Waals surface area contributed by atoms with Crippen LogP contribution in [0.3, 0.4) is 0 Å². The Hall–Kier alpha value is -3.61. The molecule has 2 aromatic carbocycles. The van der Waals surface area contributed by atoms with Gasteiger partial charge in [-0.25, -0.2) is 14.8 Å². The molecule has 2 N–H and O–H groups in total. The average Bonchev–Trinajstić information content (AvgIpc) is 2.95. The van der Waals surface area contributed by atoms with Crippen LogP contribution >= 0.6 is 0 Å². The zero-order valence-electron chi connectivity index (χ0n) is 16.8. The number of nitrogens with zero attached hydrogens (tertiary/aromatic N) is 3. The number of nitrogen functional groups attached to an aromatic ring is 1. The first-order valence-corrected chi connectivity index (χ1v) is 9.23. The van der Waals surface area contributed by atoms with Crippen LogP contribution in [0.5, 0.6) is 5.75 Å². The molecule has 148 valence electrons. The lowest BCUT2D eigenvalue weighted by molar-refractivity contribution is 0.00728. The molecule has 0 aliphatic carbocycles. The summed E-state index contributed by atoms with van der Waals surface area (Å²) in [5, 5.41) is 0. The smallest absolute Gasteiger partial charge is 0.344 e. The maximum Gasteiger partial charge on any atom is 0.344 e. The van der Waals surface area contributed by atoms with Crippen molar-refractivity contribution in [2.24, 2.45) is 0 Å². The summed E-state index contributed by atoms with van der Waals surface area (Å²) in [6.45, 7) is 5.42. The lowest BCUT2D eigenvalue weighted by Gasteiger charge is -2.19. The first-order valence-electron chi connectivity index (χ1n) is 9.23. The largest absolute Gasteiger partial charge is 0.495 e. The average molecular weight is 390 g/mol. The van der Waals surface area contributed by atoms with Gasteiger partial charge in [-0.1, -0.05) is 24.3 Å². The third-order valence-corrected chi connectivity index (χ3v) is 4.43. The van der Waals surface area contributed by atoms with Gasteiger partial charge in [0.25, 0.3) is 0 Å². The third-order valence-electron chi connectivity index (χ3n) is 4.43. The first-order chi connectivity index (χ1) is 13.8. The molecular formula is C22H22N4O3. The van der Waals surface area contributed by atoms with Gasteiger partial charge >= 0.3 is 5.97 Å². The van der Waals surface area contributed by atoms with E-state index in [0.29, 0.717) is 33.6 Å². The van der Waals surface area contributed by atoms with Crippen LogP contribution in [0, 0.1) is 0 Å². The number of carbonyl (C=O) groups excluding carboxylic acids is 1. The van der Waals surface area contributed by atoms with Crippen molar-refractivity contribution >= 4 is 34.0 Å². The van der Waals surface area contributed by atoms with Crippen LogP contribution in [0.25, 0.3) is 27.9 Å². The van der Waals surface area contributed by atoms with Crippen LogP contribution in [0.15, 0.2) is 48.5 Å². The van der Waals surface area contributed by atoms with E-state index in [4.69, 9.17) is 20.2 Å². The van der Waals surface area contributed by atoms with E-state index in [1.54, 1.807) is 11.7 Å². The van der Waals surface area contributed by atoms with Crippen LogP contribution in [0.1, 0.15) is 31.1 Å². The second-order valence-corrected chi connectivity index (χ2v) is 7.65. The highest BCUT2D eigenvalue weighted by atomic mass is 16.6. The third kappa shape index (κ3) is 3.24. The van der Waals surface area contributed by atoms with Crippen molar-refractivity contribution in [1.29, 1.82) is 0 Å². The number of hydrogen-bond acceptors (Lipinski definition) is 6. The second-order valence-electron chi connectivity index (χ2n) is 7.65.